The normalized spacial score (nSPS) is 11.3. The average Bonchev–Trinajstić information content (AvgIpc) is 3.41. The molecule has 0 saturated carbocycles. The highest BCUT2D eigenvalue weighted by Gasteiger charge is 2.19. The molecule has 0 aliphatic rings. The van der Waals surface area contributed by atoms with Crippen LogP contribution < -0.4 is 4.90 Å². The van der Waals surface area contributed by atoms with Crippen LogP contribution in [-0.2, 0) is 33.9 Å². The number of rotatable bonds is 9. The van der Waals surface area contributed by atoms with Crippen LogP contribution in [0.2, 0.25) is 0 Å². The number of carbonyl (C=O) groups is 2. The van der Waals surface area contributed by atoms with Crippen LogP contribution >= 0.6 is 11.3 Å². The minimum Gasteiger partial charge on any atom is -0.455 e. The standard InChI is InChI=1S/C27H30N4O3S/c1-6-12-30-18(3)13-22(19(30)4)14-23(15-28)26(33)34-16-24-17-35-27(29-24)31(20(5)32)25-10-8-21(7-2)9-11-25/h8-11,13-14,17H,6-7,12,16H2,1-5H3/b23-14-. The molecule has 1 amide bonds. The van der Waals surface area contributed by atoms with Crippen molar-refractivity contribution in [3.05, 3.63) is 69.5 Å². The van der Waals surface area contributed by atoms with Crippen LogP contribution in [0.1, 0.15) is 55.4 Å². The van der Waals surface area contributed by atoms with Gasteiger partial charge in [-0.3, -0.25) is 9.69 Å². The predicted octanol–water partition coefficient (Wildman–Crippen LogP) is 5.87. The second kappa shape index (κ2) is 11.6. The maximum Gasteiger partial charge on any atom is 0.349 e. The Kier molecular flexibility index (Phi) is 8.61. The fraction of sp³-hybridized carbons (Fsp3) is 0.333. The Bertz CT molecular complexity index is 1280. The highest BCUT2D eigenvalue weighted by Crippen LogP contribution is 2.29. The number of esters is 1. The first-order chi connectivity index (χ1) is 16.8. The Morgan fingerprint density at radius 1 is 1.23 bits per heavy atom. The number of amides is 1. The largest absolute Gasteiger partial charge is 0.455 e. The number of anilines is 2. The number of aromatic nitrogens is 2. The molecular formula is C27H30N4O3S. The third-order valence-electron chi connectivity index (χ3n) is 5.70. The molecule has 3 rings (SSSR count). The lowest BCUT2D eigenvalue weighted by molar-refractivity contribution is -0.139. The topological polar surface area (TPSA) is 88.2 Å². The van der Waals surface area contributed by atoms with Crippen molar-refractivity contribution in [1.29, 1.82) is 5.26 Å². The lowest BCUT2D eigenvalue weighted by atomic mass is 10.1. The van der Waals surface area contributed by atoms with Gasteiger partial charge in [-0.15, -0.1) is 11.3 Å². The summed E-state index contributed by atoms with van der Waals surface area (Å²) in [5, 5.41) is 11.8. The van der Waals surface area contributed by atoms with E-state index in [0.717, 1.165) is 42.0 Å². The molecule has 0 aliphatic carbocycles. The minimum absolute atomic E-state index is 0.0708. The molecule has 35 heavy (non-hydrogen) atoms. The van der Waals surface area contributed by atoms with Crippen molar-refractivity contribution in [1.82, 2.24) is 9.55 Å². The number of carbonyl (C=O) groups excluding carboxylic acids is 2. The van der Waals surface area contributed by atoms with Crippen LogP contribution in [0, 0.1) is 25.2 Å². The second-order valence-electron chi connectivity index (χ2n) is 8.22. The van der Waals surface area contributed by atoms with Gasteiger partial charge in [-0.25, -0.2) is 9.78 Å². The number of thiazole rings is 1. The Morgan fingerprint density at radius 3 is 2.54 bits per heavy atom. The van der Waals surface area contributed by atoms with E-state index in [2.05, 4.69) is 23.4 Å². The van der Waals surface area contributed by atoms with E-state index in [1.54, 1.807) is 11.5 Å². The van der Waals surface area contributed by atoms with Gasteiger partial charge in [0.05, 0.1) is 11.4 Å². The van der Waals surface area contributed by atoms with Gasteiger partial charge in [-0.2, -0.15) is 5.26 Å². The molecule has 0 fully saturated rings. The van der Waals surface area contributed by atoms with Gasteiger partial charge in [0.1, 0.15) is 18.2 Å². The Morgan fingerprint density at radius 2 is 1.94 bits per heavy atom. The first kappa shape index (κ1) is 25.9. The van der Waals surface area contributed by atoms with Crippen molar-refractivity contribution >= 4 is 40.1 Å². The van der Waals surface area contributed by atoms with Gasteiger partial charge < -0.3 is 9.30 Å². The van der Waals surface area contributed by atoms with Gasteiger partial charge in [0.25, 0.3) is 0 Å². The van der Waals surface area contributed by atoms with Gasteiger partial charge in [0.2, 0.25) is 5.91 Å². The van der Waals surface area contributed by atoms with E-state index in [-0.39, 0.29) is 18.1 Å². The molecule has 2 aromatic heterocycles. The average molecular weight is 491 g/mol. The zero-order chi connectivity index (χ0) is 25.5. The third-order valence-corrected chi connectivity index (χ3v) is 6.57. The van der Waals surface area contributed by atoms with E-state index in [1.807, 2.05) is 50.2 Å². The molecule has 0 radical (unpaired) electrons. The fourth-order valence-electron chi connectivity index (χ4n) is 3.82. The summed E-state index contributed by atoms with van der Waals surface area (Å²) < 4.78 is 7.54. The summed E-state index contributed by atoms with van der Waals surface area (Å²) in [6.45, 7) is 10.4. The quantitative estimate of drug-likeness (QED) is 0.213. The number of ether oxygens (including phenoxy) is 1. The Labute approximate surface area is 210 Å². The number of aryl methyl sites for hydroxylation is 2. The summed E-state index contributed by atoms with van der Waals surface area (Å²) in [5.41, 5.74) is 5.25. The molecule has 0 spiro atoms. The molecule has 8 heteroatoms. The van der Waals surface area contributed by atoms with Crippen molar-refractivity contribution in [3.8, 4) is 6.07 Å². The highest BCUT2D eigenvalue weighted by molar-refractivity contribution is 7.14. The van der Waals surface area contributed by atoms with Gasteiger partial charge in [-0.05, 0) is 62.1 Å². The molecule has 7 nitrogen and oxygen atoms in total. The SMILES string of the molecule is CCCn1c(C)cc(/C=C(/C#N)C(=O)OCc2csc(N(C(C)=O)c3ccc(CC)cc3)n2)c1C. The summed E-state index contributed by atoms with van der Waals surface area (Å²) in [6, 6.07) is 11.7. The molecule has 3 aromatic rings. The number of nitrogens with zero attached hydrogens (tertiary/aromatic N) is 4. The maximum absolute atomic E-state index is 12.6. The third kappa shape index (κ3) is 6.06. The van der Waals surface area contributed by atoms with E-state index < -0.39 is 5.97 Å². The Hall–Kier alpha value is -3.70. The van der Waals surface area contributed by atoms with E-state index in [1.165, 1.54) is 28.7 Å². The smallest absolute Gasteiger partial charge is 0.349 e. The molecule has 0 aliphatic heterocycles. The molecule has 0 bridgehead atoms. The van der Waals surface area contributed by atoms with E-state index >= 15 is 0 Å². The lowest BCUT2D eigenvalue weighted by Crippen LogP contribution is -2.22. The van der Waals surface area contributed by atoms with Crippen LogP contribution in [0.4, 0.5) is 10.8 Å². The zero-order valence-corrected chi connectivity index (χ0v) is 21.6. The number of nitriles is 1. The molecule has 1 aromatic carbocycles. The van der Waals surface area contributed by atoms with Crippen molar-refractivity contribution in [2.75, 3.05) is 4.90 Å². The molecule has 0 atom stereocenters. The monoisotopic (exact) mass is 490 g/mol. The summed E-state index contributed by atoms with van der Waals surface area (Å²) >= 11 is 1.29. The fourth-order valence-corrected chi connectivity index (χ4v) is 4.70. The molecular weight excluding hydrogens is 460 g/mol. The van der Waals surface area contributed by atoms with Gasteiger partial charge in [-0.1, -0.05) is 26.0 Å². The molecule has 0 saturated heterocycles. The molecule has 182 valence electrons. The van der Waals surface area contributed by atoms with Crippen molar-refractivity contribution in [2.24, 2.45) is 0 Å². The first-order valence-electron chi connectivity index (χ1n) is 11.6. The number of benzene rings is 1. The molecule has 0 unspecified atom stereocenters. The molecule has 2 heterocycles. The number of hydrogen-bond acceptors (Lipinski definition) is 6. The zero-order valence-electron chi connectivity index (χ0n) is 20.8. The van der Waals surface area contributed by atoms with Crippen molar-refractivity contribution in [2.45, 2.75) is 60.6 Å². The summed E-state index contributed by atoms with van der Waals surface area (Å²) in [4.78, 5) is 30.9. The Balaban J connectivity index is 1.73. The van der Waals surface area contributed by atoms with Gasteiger partial charge in [0, 0.05) is 30.2 Å². The number of hydrogen-bond donors (Lipinski definition) is 0. The lowest BCUT2D eigenvalue weighted by Gasteiger charge is -2.18. The summed E-state index contributed by atoms with van der Waals surface area (Å²) in [7, 11) is 0. The minimum atomic E-state index is -0.707. The van der Waals surface area contributed by atoms with Gasteiger partial charge >= 0.3 is 5.97 Å². The maximum atomic E-state index is 12.6. The van der Waals surface area contributed by atoms with Crippen molar-refractivity contribution < 1.29 is 14.3 Å². The van der Waals surface area contributed by atoms with E-state index in [4.69, 9.17) is 4.74 Å². The van der Waals surface area contributed by atoms with Crippen molar-refractivity contribution in [3.63, 3.8) is 0 Å². The second-order valence-corrected chi connectivity index (χ2v) is 9.06. The summed E-state index contributed by atoms with van der Waals surface area (Å²) in [6.07, 6.45) is 3.48. The first-order valence-corrected chi connectivity index (χ1v) is 12.5. The summed E-state index contributed by atoms with van der Waals surface area (Å²) in [5.74, 6) is -0.872. The van der Waals surface area contributed by atoms with Gasteiger partial charge in [0.15, 0.2) is 5.13 Å². The van der Waals surface area contributed by atoms with E-state index in [9.17, 15) is 14.9 Å². The van der Waals surface area contributed by atoms with Crippen LogP contribution in [0.3, 0.4) is 0 Å². The predicted molar refractivity (Wildman–Crippen MR) is 138 cm³/mol. The van der Waals surface area contributed by atoms with Crippen LogP contribution in [-0.4, -0.2) is 21.4 Å². The van der Waals surface area contributed by atoms with E-state index in [0.29, 0.717) is 10.8 Å². The van der Waals surface area contributed by atoms with Crippen LogP contribution in [0.25, 0.3) is 6.08 Å². The highest BCUT2D eigenvalue weighted by atomic mass is 32.1. The van der Waals surface area contributed by atoms with Crippen LogP contribution in [0.5, 0.6) is 0 Å². The molecule has 0 N–H and O–H groups in total. The van der Waals surface area contributed by atoms with Crippen LogP contribution in [0.15, 0.2) is 41.3 Å².